The predicted molar refractivity (Wildman–Crippen MR) is 102 cm³/mol. The van der Waals surface area contributed by atoms with Gasteiger partial charge in [0, 0.05) is 18.3 Å². The third-order valence-electron chi connectivity index (χ3n) is 3.74. The minimum absolute atomic E-state index is 0.164. The fraction of sp³-hybridized carbons (Fsp3) is 0.300. The number of benzene rings is 1. The Kier molecular flexibility index (Phi) is 7.49. The summed E-state index contributed by atoms with van der Waals surface area (Å²) in [5, 5.41) is 5.44. The van der Waals surface area contributed by atoms with Gasteiger partial charge < -0.3 is 15.4 Å². The van der Waals surface area contributed by atoms with Gasteiger partial charge in [-0.1, -0.05) is 25.5 Å². The Morgan fingerprint density at radius 1 is 1.07 bits per heavy atom. The summed E-state index contributed by atoms with van der Waals surface area (Å²) in [5.41, 5.74) is 1.03. The first-order chi connectivity index (χ1) is 13.1. The van der Waals surface area contributed by atoms with Crippen molar-refractivity contribution in [2.75, 3.05) is 18.5 Å². The number of para-hydroxylation sites is 1. The number of hydrogen-bond donors (Lipinski definition) is 2. The van der Waals surface area contributed by atoms with Crippen LogP contribution in [0.2, 0.25) is 0 Å². The second kappa shape index (κ2) is 10.1. The van der Waals surface area contributed by atoms with Crippen LogP contribution in [-0.2, 0) is 4.74 Å². The first kappa shape index (κ1) is 20.1. The van der Waals surface area contributed by atoms with Gasteiger partial charge in [-0.05, 0) is 37.6 Å². The fourth-order valence-electron chi connectivity index (χ4n) is 2.34. The number of esters is 1. The molecule has 2 amide bonds. The highest BCUT2D eigenvalue weighted by atomic mass is 16.5. The van der Waals surface area contributed by atoms with Gasteiger partial charge in [-0.3, -0.25) is 14.6 Å². The van der Waals surface area contributed by atoms with Gasteiger partial charge in [0.25, 0.3) is 11.8 Å². The van der Waals surface area contributed by atoms with Crippen molar-refractivity contribution in [2.24, 2.45) is 0 Å². The van der Waals surface area contributed by atoms with Crippen molar-refractivity contribution in [3.05, 3.63) is 59.4 Å². The van der Waals surface area contributed by atoms with E-state index in [-0.39, 0.29) is 29.3 Å². The molecule has 0 aliphatic carbocycles. The molecular weight excluding hydrogens is 346 g/mol. The van der Waals surface area contributed by atoms with Crippen LogP contribution >= 0.6 is 0 Å². The molecule has 0 aliphatic heterocycles. The van der Waals surface area contributed by atoms with Crippen molar-refractivity contribution in [3.63, 3.8) is 0 Å². The molecule has 142 valence electrons. The first-order valence-electron chi connectivity index (χ1n) is 8.88. The molecule has 0 spiro atoms. The Labute approximate surface area is 158 Å². The molecule has 0 saturated carbocycles. The van der Waals surface area contributed by atoms with Gasteiger partial charge in [-0.2, -0.15) is 0 Å². The lowest BCUT2D eigenvalue weighted by atomic mass is 10.1. The van der Waals surface area contributed by atoms with Gasteiger partial charge >= 0.3 is 5.97 Å². The van der Waals surface area contributed by atoms with E-state index in [1.54, 1.807) is 31.2 Å². The van der Waals surface area contributed by atoms with Crippen molar-refractivity contribution >= 4 is 23.5 Å². The van der Waals surface area contributed by atoms with Crippen LogP contribution in [0, 0.1) is 0 Å². The number of anilines is 1. The summed E-state index contributed by atoms with van der Waals surface area (Å²) >= 11 is 0. The largest absolute Gasteiger partial charge is 0.462 e. The number of ether oxygens (including phenoxy) is 1. The Bertz CT molecular complexity index is 820. The van der Waals surface area contributed by atoms with Crippen LogP contribution in [-0.4, -0.2) is 35.9 Å². The van der Waals surface area contributed by atoms with E-state index in [2.05, 4.69) is 15.6 Å². The molecule has 7 heteroatoms. The summed E-state index contributed by atoms with van der Waals surface area (Å²) in [6.45, 7) is 4.54. The molecule has 2 N–H and O–H groups in total. The van der Waals surface area contributed by atoms with Gasteiger partial charge in [0.05, 0.1) is 17.9 Å². The number of carbonyl (C=O) groups excluding carboxylic acids is 3. The molecule has 2 rings (SSSR count). The molecule has 7 nitrogen and oxygen atoms in total. The highest BCUT2D eigenvalue weighted by Crippen LogP contribution is 2.17. The molecule has 0 radical (unpaired) electrons. The molecule has 0 aliphatic rings. The monoisotopic (exact) mass is 369 g/mol. The second-order valence-corrected chi connectivity index (χ2v) is 5.76. The summed E-state index contributed by atoms with van der Waals surface area (Å²) in [6.07, 6.45) is 3.24. The maximum atomic E-state index is 12.6. The number of unbranched alkanes of at least 4 members (excludes halogenated alkanes) is 1. The highest BCUT2D eigenvalue weighted by molar-refractivity contribution is 6.08. The van der Waals surface area contributed by atoms with E-state index in [4.69, 9.17) is 4.74 Å². The molecule has 0 bridgehead atoms. The van der Waals surface area contributed by atoms with Gasteiger partial charge in [-0.25, -0.2) is 4.79 Å². The zero-order valence-electron chi connectivity index (χ0n) is 15.5. The minimum Gasteiger partial charge on any atom is -0.462 e. The first-order valence-corrected chi connectivity index (χ1v) is 8.88. The highest BCUT2D eigenvalue weighted by Gasteiger charge is 2.16. The molecule has 1 heterocycles. The Hall–Kier alpha value is -3.22. The second-order valence-electron chi connectivity index (χ2n) is 5.76. The summed E-state index contributed by atoms with van der Waals surface area (Å²) in [4.78, 5) is 40.7. The Morgan fingerprint density at radius 2 is 1.85 bits per heavy atom. The third kappa shape index (κ3) is 5.64. The molecule has 2 aromatic rings. The average molecular weight is 369 g/mol. The quantitative estimate of drug-likeness (QED) is 0.551. The van der Waals surface area contributed by atoms with Gasteiger partial charge in [0.15, 0.2) is 0 Å². The number of nitrogens with one attached hydrogen (secondary N) is 2. The number of amides is 2. The number of rotatable bonds is 8. The van der Waals surface area contributed by atoms with E-state index in [1.165, 1.54) is 18.3 Å². The number of hydrogen-bond acceptors (Lipinski definition) is 5. The third-order valence-corrected chi connectivity index (χ3v) is 3.74. The SMILES string of the molecule is CCCCNC(=O)c1cc(C(=O)Nc2ccccc2C(=O)OCC)ccn1. The number of carbonyl (C=O) groups is 3. The van der Waals surface area contributed by atoms with Crippen LogP contribution in [0.15, 0.2) is 42.6 Å². The lowest BCUT2D eigenvalue weighted by Gasteiger charge is -2.11. The van der Waals surface area contributed by atoms with Gasteiger partial charge in [-0.15, -0.1) is 0 Å². The van der Waals surface area contributed by atoms with E-state index in [9.17, 15) is 14.4 Å². The Balaban J connectivity index is 2.14. The van der Waals surface area contributed by atoms with Crippen LogP contribution < -0.4 is 10.6 Å². The van der Waals surface area contributed by atoms with Crippen molar-refractivity contribution in [1.29, 1.82) is 0 Å². The molecule has 0 unspecified atom stereocenters. The van der Waals surface area contributed by atoms with Gasteiger partial charge in [0.2, 0.25) is 0 Å². The lowest BCUT2D eigenvalue weighted by Crippen LogP contribution is -2.25. The summed E-state index contributed by atoms with van der Waals surface area (Å²) in [5.74, 6) is -1.29. The molecule has 0 atom stereocenters. The normalized spacial score (nSPS) is 10.1. The number of pyridine rings is 1. The predicted octanol–water partition coefficient (Wildman–Crippen LogP) is 3.04. The summed E-state index contributed by atoms with van der Waals surface area (Å²) in [6, 6.07) is 9.51. The standard InChI is InChI=1S/C20H23N3O4/c1-3-5-11-22-19(25)17-13-14(10-12-21-17)18(24)23-16-9-7-6-8-15(16)20(26)27-4-2/h6-10,12-13H,3-5,11H2,1-2H3,(H,22,25)(H,23,24). The van der Waals surface area contributed by atoms with Crippen LogP contribution in [0.3, 0.4) is 0 Å². The molecule has 0 saturated heterocycles. The van der Waals surface area contributed by atoms with Crippen LogP contribution in [0.5, 0.6) is 0 Å². The summed E-state index contributed by atoms with van der Waals surface area (Å²) < 4.78 is 5.00. The average Bonchev–Trinajstić information content (AvgIpc) is 2.68. The molecule has 1 aromatic carbocycles. The zero-order valence-corrected chi connectivity index (χ0v) is 15.5. The van der Waals surface area contributed by atoms with E-state index >= 15 is 0 Å². The molecule has 27 heavy (non-hydrogen) atoms. The fourth-order valence-corrected chi connectivity index (χ4v) is 2.34. The lowest BCUT2D eigenvalue weighted by molar-refractivity contribution is 0.0527. The van der Waals surface area contributed by atoms with Crippen molar-refractivity contribution < 1.29 is 19.1 Å². The van der Waals surface area contributed by atoms with E-state index in [0.717, 1.165) is 12.8 Å². The minimum atomic E-state index is -0.515. The van der Waals surface area contributed by atoms with Crippen molar-refractivity contribution in [1.82, 2.24) is 10.3 Å². The van der Waals surface area contributed by atoms with Crippen LogP contribution in [0.1, 0.15) is 57.9 Å². The molecule has 1 aromatic heterocycles. The summed E-state index contributed by atoms with van der Waals surface area (Å²) in [7, 11) is 0. The van der Waals surface area contributed by atoms with Crippen LogP contribution in [0.4, 0.5) is 5.69 Å². The zero-order chi connectivity index (χ0) is 19.6. The number of aromatic nitrogens is 1. The molecular formula is C20H23N3O4. The van der Waals surface area contributed by atoms with Gasteiger partial charge in [0.1, 0.15) is 5.69 Å². The van der Waals surface area contributed by atoms with E-state index in [1.807, 2.05) is 6.92 Å². The van der Waals surface area contributed by atoms with E-state index < -0.39 is 11.9 Å². The van der Waals surface area contributed by atoms with Crippen molar-refractivity contribution in [3.8, 4) is 0 Å². The van der Waals surface area contributed by atoms with Crippen LogP contribution in [0.25, 0.3) is 0 Å². The number of nitrogens with zero attached hydrogens (tertiary/aromatic N) is 1. The topological polar surface area (TPSA) is 97.4 Å². The maximum absolute atomic E-state index is 12.6. The maximum Gasteiger partial charge on any atom is 0.340 e. The van der Waals surface area contributed by atoms with Crippen molar-refractivity contribution in [2.45, 2.75) is 26.7 Å². The molecule has 0 fully saturated rings. The Morgan fingerprint density at radius 3 is 2.59 bits per heavy atom. The van der Waals surface area contributed by atoms with E-state index in [0.29, 0.717) is 12.2 Å². The smallest absolute Gasteiger partial charge is 0.340 e.